The Morgan fingerprint density at radius 3 is 3.00 bits per heavy atom. The summed E-state index contributed by atoms with van der Waals surface area (Å²) in [6, 6.07) is 2.19. The molecule has 1 N–H and O–H groups in total. The summed E-state index contributed by atoms with van der Waals surface area (Å²) in [5.74, 6) is 1.74. The van der Waals surface area contributed by atoms with E-state index in [4.69, 9.17) is 14.2 Å². The average Bonchev–Trinajstić information content (AvgIpc) is 2.68. The van der Waals surface area contributed by atoms with Crippen LogP contribution in [0.2, 0.25) is 0 Å². The number of benzene rings is 1. The monoisotopic (exact) mass is 341 g/mol. The first-order valence-electron chi connectivity index (χ1n) is 7.23. The van der Waals surface area contributed by atoms with Gasteiger partial charge in [-0.05, 0) is 31.0 Å². The largest absolute Gasteiger partial charge is 0.486 e. The first-order chi connectivity index (χ1) is 9.81. The van der Waals surface area contributed by atoms with E-state index in [2.05, 4.69) is 28.2 Å². The number of hydrogen-bond acceptors (Lipinski definition) is 4. The van der Waals surface area contributed by atoms with Crippen LogP contribution in [-0.4, -0.2) is 33.0 Å². The van der Waals surface area contributed by atoms with Crippen LogP contribution in [0.4, 0.5) is 0 Å². The summed E-state index contributed by atoms with van der Waals surface area (Å²) < 4.78 is 18.5. The van der Waals surface area contributed by atoms with E-state index in [1.807, 2.05) is 6.07 Å². The molecule has 3 rings (SSSR count). The van der Waals surface area contributed by atoms with Crippen molar-refractivity contribution in [1.82, 2.24) is 5.32 Å². The summed E-state index contributed by atoms with van der Waals surface area (Å²) in [7, 11) is 0. The zero-order chi connectivity index (χ0) is 13.9. The van der Waals surface area contributed by atoms with Crippen molar-refractivity contribution in [3.63, 3.8) is 0 Å². The Labute approximate surface area is 127 Å². The van der Waals surface area contributed by atoms with Gasteiger partial charge in [0.25, 0.3) is 0 Å². The van der Waals surface area contributed by atoms with Crippen molar-refractivity contribution < 1.29 is 14.2 Å². The predicted molar refractivity (Wildman–Crippen MR) is 80.7 cm³/mol. The van der Waals surface area contributed by atoms with E-state index < -0.39 is 0 Å². The molecule has 0 aromatic heterocycles. The second kappa shape index (κ2) is 6.33. The Balaban J connectivity index is 2.06. The maximum Gasteiger partial charge on any atom is 0.166 e. The Morgan fingerprint density at radius 1 is 1.30 bits per heavy atom. The van der Waals surface area contributed by atoms with E-state index >= 15 is 0 Å². The van der Waals surface area contributed by atoms with E-state index in [0.717, 1.165) is 42.0 Å². The van der Waals surface area contributed by atoms with E-state index in [1.54, 1.807) is 0 Å². The lowest BCUT2D eigenvalue weighted by Gasteiger charge is -2.27. The standard InChI is InChI=1S/C15H20BrNO3/c1-2-4-17-12-9-18-5-3-10-11(16)8-13-15(14(10)12)20-7-6-19-13/h8,12,17H,2-7,9H2,1H3. The number of halogens is 1. The number of hydrogen-bond donors (Lipinski definition) is 1. The fourth-order valence-electron chi connectivity index (χ4n) is 2.78. The van der Waals surface area contributed by atoms with Gasteiger partial charge in [0, 0.05) is 10.0 Å². The Hall–Kier alpha value is -0.780. The molecule has 2 aliphatic rings. The van der Waals surface area contributed by atoms with Gasteiger partial charge in [0.05, 0.1) is 19.3 Å². The van der Waals surface area contributed by atoms with Crippen LogP contribution in [0.5, 0.6) is 11.5 Å². The van der Waals surface area contributed by atoms with Crippen molar-refractivity contribution in [1.29, 1.82) is 0 Å². The van der Waals surface area contributed by atoms with Gasteiger partial charge in [-0.15, -0.1) is 0 Å². The molecule has 0 spiro atoms. The minimum Gasteiger partial charge on any atom is -0.486 e. The SMILES string of the molecule is CCCNC1COCCc2c(Br)cc3c(c21)OCCO3. The van der Waals surface area contributed by atoms with Gasteiger partial charge in [-0.25, -0.2) is 0 Å². The molecule has 1 aromatic rings. The summed E-state index contributed by atoms with van der Waals surface area (Å²) in [5.41, 5.74) is 2.49. The van der Waals surface area contributed by atoms with Gasteiger partial charge in [-0.2, -0.15) is 0 Å². The fourth-order valence-corrected chi connectivity index (χ4v) is 3.40. The molecule has 1 aromatic carbocycles. The number of ether oxygens (including phenoxy) is 3. The van der Waals surface area contributed by atoms with Gasteiger partial charge in [0.2, 0.25) is 0 Å². The second-order valence-electron chi connectivity index (χ2n) is 5.11. The number of nitrogens with one attached hydrogen (secondary N) is 1. The van der Waals surface area contributed by atoms with Crippen molar-refractivity contribution in [3.8, 4) is 11.5 Å². The van der Waals surface area contributed by atoms with E-state index in [0.29, 0.717) is 19.8 Å². The molecule has 110 valence electrons. The zero-order valence-corrected chi connectivity index (χ0v) is 13.3. The zero-order valence-electron chi connectivity index (χ0n) is 11.7. The van der Waals surface area contributed by atoms with Gasteiger partial charge in [-0.1, -0.05) is 22.9 Å². The molecule has 1 unspecified atom stereocenters. The normalized spacial score (nSPS) is 21.2. The third-order valence-electron chi connectivity index (χ3n) is 3.70. The fraction of sp³-hybridized carbons (Fsp3) is 0.600. The lowest BCUT2D eigenvalue weighted by Crippen LogP contribution is -2.28. The van der Waals surface area contributed by atoms with Gasteiger partial charge in [0.1, 0.15) is 13.2 Å². The number of fused-ring (bicyclic) bond motifs is 3. The topological polar surface area (TPSA) is 39.7 Å². The van der Waals surface area contributed by atoms with Crippen molar-refractivity contribution in [2.24, 2.45) is 0 Å². The molecule has 0 aliphatic carbocycles. The molecule has 1 atom stereocenters. The van der Waals surface area contributed by atoms with Crippen LogP contribution in [-0.2, 0) is 11.2 Å². The Morgan fingerprint density at radius 2 is 2.15 bits per heavy atom. The van der Waals surface area contributed by atoms with Crippen molar-refractivity contribution >= 4 is 15.9 Å². The highest BCUT2D eigenvalue weighted by molar-refractivity contribution is 9.10. The molecule has 5 heteroatoms. The lowest BCUT2D eigenvalue weighted by molar-refractivity contribution is 0.119. The Bertz CT molecular complexity index is 492. The van der Waals surface area contributed by atoms with Gasteiger partial charge < -0.3 is 19.5 Å². The van der Waals surface area contributed by atoms with E-state index in [-0.39, 0.29) is 6.04 Å². The molecule has 0 radical (unpaired) electrons. The molecule has 0 amide bonds. The van der Waals surface area contributed by atoms with Crippen LogP contribution in [0.25, 0.3) is 0 Å². The summed E-state index contributed by atoms with van der Waals surface area (Å²) in [4.78, 5) is 0. The molecule has 0 saturated heterocycles. The third-order valence-corrected chi connectivity index (χ3v) is 4.40. The van der Waals surface area contributed by atoms with Crippen LogP contribution in [0.3, 0.4) is 0 Å². The molecular weight excluding hydrogens is 322 g/mol. The smallest absolute Gasteiger partial charge is 0.166 e. The summed E-state index contributed by atoms with van der Waals surface area (Å²) >= 11 is 3.67. The third kappa shape index (κ3) is 2.67. The molecule has 2 aliphatic heterocycles. The maximum atomic E-state index is 5.90. The van der Waals surface area contributed by atoms with Crippen LogP contribution in [0.15, 0.2) is 10.5 Å². The predicted octanol–water partition coefficient (Wildman–Crippen LogP) is 2.83. The first-order valence-corrected chi connectivity index (χ1v) is 8.02. The molecule has 2 heterocycles. The van der Waals surface area contributed by atoms with Crippen molar-refractivity contribution in [2.45, 2.75) is 25.8 Å². The highest BCUT2D eigenvalue weighted by atomic mass is 79.9. The van der Waals surface area contributed by atoms with Crippen LogP contribution >= 0.6 is 15.9 Å². The molecule has 20 heavy (non-hydrogen) atoms. The van der Waals surface area contributed by atoms with E-state index in [1.165, 1.54) is 11.1 Å². The molecule has 0 saturated carbocycles. The van der Waals surface area contributed by atoms with Gasteiger partial charge in [-0.3, -0.25) is 0 Å². The van der Waals surface area contributed by atoms with E-state index in [9.17, 15) is 0 Å². The maximum absolute atomic E-state index is 5.90. The van der Waals surface area contributed by atoms with Gasteiger partial charge in [0.15, 0.2) is 11.5 Å². The van der Waals surface area contributed by atoms with Crippen LogP contribution < -0.4 is 14.8 Å². The summed E-state index contributed by atoms with van der Waals surface area (Å²) in [6.07, 6.45) is 2.00. The van der Waals surface area contributed by atoms with Crippen LogP contribution in [0, 0.1) is 0 Å². The minimum absolute atomic E-state index is 0.167. The quantitative estimate of drug-likeness (QED) is 0.917. The highest BCUT2D eigenvalue weighted by Crippen LogP contribution is 2.44. The first kappa shape index (κ1) is 14.2. The van der Waals surface area contributed by atoms with Gasteiger partial charge >= 0.3 is 0 Å². The van der Waals surface area contributed by atoms with Crippen molar-refractivity contribution in [3.05, 3.63) is 21.7 Å². The number of rotatable bonds is 3. The lowest BCUT2D eigenvalue weighted by atomic mass is 9.97. The Kier molecular flexibility index (Phi) is 4.48. The summed E-state index contributed by atoms with van der Waals surface area (Å²) in [6.45, 7) is 5.79. The van der Waals surface area contributed by atoms with Crippen LogP contribution in [0.1, 0.15) is 30.5 Å². The average molecular weight is 342 g/mol. The summed E-state index contributed by atoms with van der Waals surface area (Å²) in [5, 5.41) is 3.56. The second-order valence-corrected chi connectivity index (χ2v) is 5.96. The molecular formula is C15H20BrNO3. The van der Waals surface area contributed by atoms with Crippen molar-refractivity contribution in [2.75, 3.05) is 33.0 Å². The molecule has 0 fully saturated rings. The molecule has 4 nitrogen and oxygen atoms in total. The minimum atomic E-state index is 0.167. The molecule has 0 bridgehead atoms. The highest BCUT2D eigenvalue weighted by Gasteiger charge is 2.29.